The Morgan fingerprint density at radius 1 is 1.33 bits per heavy atom. The van der Waals surface area contributed by atoms with Crippen LogP contribution in [-0.4, -0.2) is 17.0 Å². The summed E-state index contributed by atoms with van der Waals surface area (Å²) >= 11 is 1.21. The van der Waals surface area contributed by atoms with Crippen molar-refractivity contribution in [3.63, 3.8) is 0 Å². The van der Waals surface area contributed by atoms with Crippen molar-refractivity contribution in [1.82, 2.24) is 9.88 Å². The minimum absolute atomic E-state index is 0.0471. The van der Waals surface area contributed by atoms with Crippen molar-refractivity contribution in [2.75, 3.05) is 6.54 Å². The first kappa shape index (κ1) is 15.6. The Hall–Kier alpha value is -1.88. The zero-order chi connectivity index (χ0) is 16.8. The Morgan fingerprint density at radius 3 is 2.88 bits per heavy atom. The van der Waals surface area contributed by atoms with Crippen LogP contribution in [-0.2, 0) is 17.8 Å². The molecule has 0 aliphatic heterocycles. The first-order chi connectivity index (χ1) is 11.6. The smallest absolute Gasteiger partial charge is 0.308 e. The van der Waals surface area contributed by atoms with Crippen LogP contribution in [0.1, 0.15) is 34.0 Å². The molecule has 2 aliphatic rings. The number of hydrogen-bond acceptors (Lipinski definition) is 3. The number of aromatic nitrogens is 1. The van der Waals surface area contributed by atoms with Gasteiger partial charge in [0.2, 0.25) is 5.91 Å². The highest BCUT2D eigenvalue weighted by Crippen LogP contribution is 2.59. The number of carbonyl (C=O) groups is 1. The zero-order valence-electron chi connectivity index (χ0n) is 14.0. The topological polar surface area (TPSA) is 51.1 Å². The number of aryl methyl sites for hydroxylation is 2. The Kier molecular flexibility index (Phi) is 3.83. The van der Waals surface area contributed by atoms with E-state index in [0.717, 1.165) is 23.5 Å². The standard InChI is InChI=1S/C19H22N2O2S/c1-11-12(2)24-19(23)21(11)10-17(22)20-9-16-15-8-7-13-5-3-4-6-14(13)18(15)16/h3-6,15-16,18H,7-10H2,1-2H3,(H,20,22)/t15-,16+,18+/m0/s1. The normalized spacial score (nSPS) is 24.2. The molecule has 0 radical (unpaired) electrons. The molecular weight excluding hydrogens is 320 g/mol. The van der Waals surface area contributed by atoms with Crippen LogP contribution in [0.25, 0.3) is 0 Å². The molecule has 4 nitrogen and oxygen atoms in total. The zero-order valence-corrected chi connectivity index (χ0v) is 14.9. The lowest BCUT2D eigenvalue weighted by molar-refractivity contribution is -0.121. The molecule has 2 aromatic rings. The molecule has 1 N–H and O–H groups in total. The summed E-state index contributed by atoms with van der Waals surface area (Å²) in [6.07, 6.45) is 2.38. The first-order valence-electron chi connectivity index (χ1n) is 8.57. The molecule has 3 atom stereocenters. The third-order valence-corrected chi connectivity index (χ3v) is 6.70. The molecule has 4 rings (SSSR count). The van der Waals surface area contributed by atoms with E-state index in [0.29, 0.717) is 17.8 Å². The van der Waals surface area contributed by atoms with Gasteiger partial charge in [-0.1, -0.05) is 35.6 Å². The largest absolute Gasteiger partial charge is 0.354 e. The van der Waals surface area contributed by atoms with E-state index in [1.54, 1.807) is 4.57 Å². The number of fused-ring (bicyclic) bond motifs is 3. The summed E-state index contributed by atoms with van der Waals surface area (Å²) in [6.45, 7) is 4.67. The minimum Gasteiger partial charge on any atom is -0.354 e. The maximum Gasteiger partial charge on any atom is 0.308 e. The van der Waals surface area contributed by atoms with Gasteiger partial charge in [-0.3, -0.25) is 14.2 Å². The maximum absolute atomic E-state index is 12.2. The summed E-state index contributed by atoms with van der Waals surface area (Å²) in [7, 11) is 0. The summed E-state index contributed by atoms with van der Waals surface area (Å²) in [4.78, 5) is 25.1. The van der Waals surface area contributed by atoms with E-state index in [4.69, 9.17) is 0 Å². The van der Waals surface area contributed by atoms with E-state index in [1.165, 1.54) is 28.9 Å². The van der Waals surface area contributed by atoms with Crippen LogP contribution in [0.15, 0.2) is 29.1 Å². The van der Waals surface area contributed by atoms with Crippen molar-refractivity contribution in [2.24, 2.45) is 11.8 Å². The Balaban J connectivity index is 1.37. The van der Waals surface area contributed by atoms with Crippen molar-refractivity contribution in [3.8, 4) is 0 Å². The number of benzene rings is 1. The van der Waals surface area contributed by atoms with Gasteiger partial charge in [-0.25, -0.2) is 0 Å². The maximum atomic E-state index is 12.2. The molecule has 1 aromatic heterocycles. The third kappa shape index (κ3) is 2.61. The average Bonchev–Trinajstić information content (AvgIpc) is 3.25. The van der Waals surface area contributed by atoms with Crippen LogP contribution < -0.4 is 10.2 Å². The Morgan fingerprint density at radius 2 is 2.12 bits per heavy atom. The molecule has 5 heteroatoms. The number of rotatable bonds is 4. The summed E-state index contributed by atoms with van der Waals surface area (Å²) in [5, 5.41) is 3.05. The van der Waals surface area contributed by atoms with Crippen molar-refractivity contribution < 1.29 is 4.79 Å². The van der Waals surface area contributed by atoms with Crippen LogP contribution in [0, 0.1) is 25.7 Å². The van der Waals surface area contributed by atoms with Gasteiger partial charge in [-0.2, -0.15) is 0 Å². The molecule has 24 heavy (non-hydrogen) atoms. The van der Waals surface area contributed by atoms with E-state index < -0.39 is 0 Å². The highest BCUT2D eigenvalue weighted by atomic mass is 32.1. The third-order valence-electron chi connectivity index (χ3n) is 5.70. The second-order valence-corrected chi connectivity index (χ2v) is 8.16. The molecule has 0 saturated heterocycles. The number of hydrogen-bond donors (Lipinski definition) is 1. The number of thiazole rings is 1. The molecule has 0 spiro atoms. The molecule has 1 aromatic carbocycles. The predicted molar refractivity (Wildman–Crippen MR) is 95.5 cm³/mol. The molecule has 126 valence electrons. The fourth-order valence-electron chi connectivity index (χ4n) is 4.19. The number of amides is 1. The Labute approximate surface area is 145 Å². The van der Waals surface area contributed by atoms with Gasteiger partial charge in [0.25, 0.3) is 0 Å². The van der Waals surface area contributed by atoms with Gasteiger partial charge in [-0.05, 0) is 55.6 Å². The molecule has 1 amide bonds. The summed E-state index contributed by atoms with van der Waals surface area (Å²) in [5.41, 5.74) is 3.85. The van der Waals surface area contributed by atoms with Crippen LogP contribution in [0.5, 0.6) is 0 Å². The van der Waals surface area contributed by atoms with Crippen molar-refractivity contribution in [2.45, 2.75) is 39.2 Å². The second kappa shape index (κ2) is 5.88. The van der Waals surface area contributed by atoms with Crippen LogP contribution in [0.4, 0.5) is 0 Å². The van der Waals surface area contributed by atoms with Gasteiger partial charge in [0, 0.05) is 17.1 Å². The average molecular weight is 342 g/mol. The minimum atomic E-state index is -0.0602. The lowest BCUT2D eigenvalue weighted by Gasteiger charge is -2.13. The molecular formula is C19H22N2O2S. The monoisotopic (exact) mass is 342 g/mol. The molecule has 2 aliphatic carbocycles. The number of carbonyl (C=O) groups excluding carboxylic acids is 1. The first-order valence-corrected chi connectivity index (χ1v) is 9.39. The SMILES string of the molecule is Cc1sc(=O)n(CC(=O)NC[C@@H]2[C@@H]3CCc4ccccc4[C@@H]23)c1C. The molecule has 0 bridgehead atoms. The van der Waals surface area contributed by atoms with Gasteiger partial charge in [0.15, 0.2) is 0 Å². The molecule has 0 unspecified atom stereocenters. The van der Waals surface area contributed by atoms with Gasteiger partial charge in [-0.15, -0.1) is 0 Å². The summed E-state index contributed by atoms with van der Waals surface area (Å²) < 4.78 is 1.57. The molecule has 1 fully saturated rings. The van der Waals surface area contributed by atoms with Crippen LogP contribution in [0.2, 0.25) is 0 Å². The van der Waals surface area contributed by atoms with Gasteiger partial charge < -0.3 is 5.32 Å². The summed E-state index contributed by atoms with van der Waals surface area (Å²) in [6, 6.07) is 8.70. The van der Waals surface area contributed by atoms with Gasteiger partial charge >= 0.3 is 4.87 Å². The van der Waals surface area contributed by atoms with E-state index in [9.17, 15) is 9.59 Å². The van der Waals surface area contributed by atoms with Crippen molar-refractivity contribution >= 4 is 17.2 Å². The number of nitrogens with one attached hydrogen (secondary N) is 1. The van der Waals surface area contributed by atoms with Gasteiger partial charge in [0.05, 0.1) is 0 Å². The number of nitrogens with zero attached hydrogens (tertiary/aromatic N) is 1. The van der Waals surface area contributed by atoms with Crippen molar-refractivity contribution in [3.05, 3.63) is 55.6 Å². The van der Waals surface area contributed by atoms with Crippen LogP contribution >= 0.6 is 11.3 Å². The second-order valence-electron chi connectivity index (χ2n) is 6.99. The van der Waals surface area contributed by atoms with E-state index in [2.05, 4.69) is 29.6 Å². The molecule has 1 saturated carbocycles. The highest BCUT2D eigenvalue weighted by Gasteiger charge is 2.52. The summed E-state index contributed by atoms with van der Waals surface area (Å²) in [5.74, 6) is 1.82. The highest BCUT2D eigenvalue weighted by molar-refractivity contribution is 7.09. The quantitative estimate of drug-likeness (QED) is 0.929. The lowest BCUT2D eigenvalue weighted by Crippen LogP contribution is -2.32. The molecule has 1 heterocycles. The Bertz CT molecular complexity index is 851. The van der Waals surface area contributed by atoms with Crippen molar-refractivity contribution in [1.29, 1.82) is 0 Å². The van der Waals surface area contributed by atoms with Gasteiger partial charge in [0.1, 0.15) is 6.54 Å². The van der Waals surface area contributed by atoms with E-state index >= 15 is 0 Å². The van der Waals surface area contributed by atoms with E-state index in [-0.39, 0.29) is 17.3 Å². The fraction of sp³-hybridized carbons (Fsp3) is 0.474. The van der Waals surface area contributed by atoms with E-state index in [1.807, 2.05) is 13.8 Å². The lowest BCUT2D eigenvalue weighted by atomic mass is 9.92. The predicted octanol–water partition coefficient (Wildman–Crippen LogP) is 2.62. The van der Waals surface area contributed by atoms with Crippen LogP contribution in [0.3, 0.4) is 0 Å². The fourth-order valence-corrected chi connectivity index (χ4v) is 5.02.